The zero-order chi connectivity index (χ0) is 19.5. The first-order valence-corrected chi connectivity index (χ1v) is 9.24. The summed E-state index contributed by atoms with van der Waals surface area (Å²) in [6, 6.07) is 7.87. The second-order valence-electron chi connectivity index (χ2n) is 6.95. The fourth-order valence-corrected chi connectivity index (χ4v) is 3.73. The highest BCUT2D eigenvalue weighted by molar-refractivity contribution is 5.81. The molecule has 2 N–H and O–H groups in total. The maximum atomic E-state index is 13.4. The molecule has 1 aliphatic carbocycles. The van der Waals surface area contributed by atoms with Crippen LogP contribution in [0, 0.1) is 11.7 Å². The standard InChI is InChI=1S/C20H20FN5O2/c21-15-7-5-14(6-8-15)17-18(16-9-10-22-19(24-16)25-20(27)28)26(12-23-17)11-13-3-1-2-4-13/h5-10,12-13H,1-4,11H2,(H,27,28)(H,22,24,25). The number of benzene rings is 1. The van der Waals surface area contributed by atoms with Crippen molar-refractivity contribution in [2.75, 3.05) is 5.32 Å². The number of imidazole rings is 1. The largest absolute Gasteiger partial charge is 0.465 e. The molecule has 3 aromatic rings. The van der Waals surface area contributed by atoms with Gasteiger partial charge < -0.3 is 9.67 Å². The molecule has 0 aliphatic heterocycles. The number of hydrogen-bond donors (Lipinski definition) is 2. The molecule has 1 aromatic carbocycles. The second kappa shape index (κ2) is 7.75. The van der Waals surface area contributed by atoms with Crippen LogP contribution in [0.4, 0.5) is 15.1 Å². The molecule has 1 aliphatic rings. The van der Waals surface area contributed by atoms with E-state index >= 15 is 0 Å². The number of nitrogens with one attached hydrogen (secondary N) is 1. The number of rotatable bonds is 5. The smallest absolute Gasteiger partial charge is 0.411 e. The lowest BCUT2D eigenvalue weighted by molar-refractivity contribution is 0.209. The summed E-state index contributed by atoms with van der Waals surface area (Å²) in [4.78, 5) is 23.8. The quantitative estimate of drug-likeness (QED) is 0.682. The summed E-state index contributed by atoms with van der Waals surface area (Å²) in [5.74, 6) is 0.266. The number of carbonyl (C=O) groups is 1. The number of nitrogens with zero attached hydrogens (tertiary/aromatic N) is 4. The van der Waals surface area contributed by atoms with Crippen LogP contribution in [0.5, 0.6) is 0 Å². The van der Waals surface area contributed by atoms with Crippen LogP contribution in [0.15, 0.2) is 42.9 Å². The lowest BCUT2D eigenvalue weighted by Gasteiger charge is -2.14. The SMILES string of the molecule is O=C(O)Nc1nccc(-c2c(-c3ccc(F)cc3)ncn2CC2CCCC2)n1. The summed E-state index contributed by atoms with van der Waals surface area (Å²) in [7, 11) is 0. The second-order valence-corrected chi connectivity index (χ2v) is 6.95. The van der Waals surface area contributed by atoms with Crippen LogP contribution in [0.25, 0.3) is 22.6 Å². The molecule has 1 amide bonds. The van der Waals surface area contributed by atoms with Crippen molar-refractivity contribution in [1.82, 2.24) is 19.5 Å². The van der Waals surface area contributed by atoms with Crippen LogP contribution in [-0.4, -0.2) is 30.7 Å². The van der Waals surface area contributed by atoms with Crippen molar-refractivity contribution in [1.29, 1.82) is 0 Å². The molecule has 4 rings (SSSR count). The molecule has 0 atom stereocenters. The van der Waals surface area contributed by atoms with Crippen LogP contribution in [0.3, 0.4) is 0 Å². The molecule has 1 saturated carbocycles. The molecule has 0 spiro atoms. The summed E-state index contributed by atoms with van der Waals surface area (Å²) >= 11 is 0. The molecular weight excluding hydrogens is 361 g/mol. The normalized spacial score (nSPS) is 14.3. The Bertz CT molecular complexity index is 981. The molecule has 2 aromatic heterocycles. The zero-order valence-electron chi connectivity index (χ0n) is 15.2. The highest BCUT2D eigenvalue weighted by Crippen LogP contribution is 2.33. The minimum Gasteiger partial charge on any atom is -0.465 e. The van der Waals surface area contributed by atoms with Gasteiger partial charge in [0.25, 0.3) is 0 Å². The van der Waals surface area contributed by atoms with E-state index in [0.717, 1.165) is 17.8 Å². The van der Waals surface area contributed by atoms with Crippen LogP contribution in [0.1, 0.15) is 25.7 Å². The molecule has 2 heterocycles. The van der Waals surface area contributed by atoms with Crippen molar-refractivity contribution in [2.45, 2.75) is 32.2 Å². The Balaban J connectivity index is 1.78. The summed E-state index contributed by atoms with van der Waals surface area (Å²) in [6.45, 7) is 0.815. The van der Waals surface area contributed by atoms with Gasteiger partial charge in [0.2, 0.25) is 5.95 Å². The average Bonchev–Trinajstić information content (AvgIpc) is 3.32. The molecular formula is C20H20FN5O2. The lowest BCUT2D eigenvalue weighted by Crippen LogP contribution is -2.12. The summed E-state index contributed by atoms with van der Waals surface area (Å²) in [5.41, 5.74) is 2.79. The maximum absolute atomic E-state index is 13.4. The first-order chi connectivity index (χ1) is 13.6. The molecule has 144 valence electrons. The monoisotopic (exact) mass is 381 g/mol. The molecule has 28 heavy (non-hydrogen) atoms. The van der Waals surface area contributed by atoms with E-state index < -0.39 is 6.09 Å². The Kier molecular flexibility index (Phi) is 5.01. The Morgan fingerprint density at radius 1 is 1.18 bits per heavy atom. The van der Waals surface area contributed by atoms with Crippen molar-refractivity contribution in [2.24, 2.45) is 5.92 Å². The lowest BCUT2D eigenvalue weighted by atomic mass is 10.1. The van der Waals surface area contributed by atoms with Gasteiger partial charge >= 0.3 is 6.09 Å². The van der Waals surface area contributed by atoms with Gasteiger partial charge in [0.15, 0.2) is 0 Å². The van der Waals surface area contributed by atoms with Gasteiger partial charge in [0.05, 0.1) is 23.4 Å². The summed E-state index contributed by atoms with van der Waals surface area (Å²) in [5, 5.41) is 11.1. The first kappa shape index (κ1) is 18.1. The van der Waals surface area contributed by atoms with Crippen molar-refractivity contribution in [3.05, 3.63) is 48.7 Å². The van der Waals surface area contributed by atoms with Crippen molar-refractivity contribution in [3.8, 4) is 22.6 Å². The van der Waals surface area contributed by atoms with E-state index in [9.17, 15) is 9.18 Å². The molecule has 0 saturated heterocycles. The number of anilines is 1. The molecule has 0 radical (unpaired) electrons. The van der Waals surface area contributed by atoms with Gasteiger partial charge in [-0.25, -0.2) is 24.1 Å². The predicted molar refractivity (Wildman–Crippen MR) is 102 cm³/mol. The third kappa shape index (κ3) is 3.85. The Morgan fingerprint density at radius 3 is 2.64 bits per heavy atom. The van der Waals surface area contributed by atoms with Crippen molar-refractivity contribution in [3.63, 3.8) is 0 Å². The van der Waals surface area contributed by atoms with Gasteiger partial charge in [-0.2, -0.15) is 0 Å². The third-order valence-electron chi connectivity index (χ3n) is 5.00. The third-order valence-corrected chi connectivity index (χ3v) is 5.00. The topological polar surface area (TPSA) is 92.9 Å². The number of hydrogen-bond acceptors (Lipinski definition) is 4. The number of carboxylic acid groups (broad SMARTS) is 1. The highest BCUT2D eigenvalue weighted by Gasteiger charge is 2.21. The Labute approximate surface area is 161 Å². The van der Waals surface area contributed by atoms with Crippen molar-refractivity contribution >= 4 is 12.0 Å². The average molecular weight is 381 g/mol. The van der Waals surface area contributed by atoms with E-state index in [0.29, 0.717) is 17.3 Å². The number of amides is 1. The van der Waals surface area contributed by atoms with Gasteiger partial charge in [-0.3, -0.25) is 5.32 Å². The molecule has 1 fully saturated rings. The highest BCUT2D eigenvalue weighted by atomic mass is 19.1. The zero-order valence-corrected chi connectivity index (χ0v) is 15.2. The molecule has 8 heteroatoms. The van der Waals surface area contributed by atoms with Crippen LogP contribution in [0.2, 0.25) is 0 Å². The van der Waals surface area contributed by atoms with E-state index in [1.807, 2.05) is 0 Å². The van der Waals surface area contributed by atoms with Crippen molar-refractivity contribution < 1.29 is 14.3 Å². The van der Waals surface area contributed by atoms with Gasteiger partial charge in [0.1, 0.15) is 5.82 Å². The fourth-order valence-electron chi connectivity index (χ4n) is 3.73. The van der Waals surface area contributed by atoms with E-state index in [1.165, 1.54) is 44.0 Å². The summed E-state index contributed by atoms with van der Waals surface area (Å²) in [6.07, 6.45) is 6.89. The first-order valence-electron chi connectivity index (χ1n) is 9.24. The fraction of sp³-hybridized carbons (Fsp3) is 0.300. The van der Waals surface area contributed by atoms with E-state index in [-0.39, 0.29) is 11.8 Å². The molecule has 0 unspecified atom stereocenters. The maximum Gasteiger partial charge on any atom is 0.411 e. The van der Waals surface area contributed by atoms with E-state index in [4.69, 9.17) is 5.11 Å². The summed E-state index contributed by atoms with van der Waals surface area (Å²) < 4.78 is 15.4. The molecule has 7 nitrogen and oxygen atoms in total. The van der Waals surface area contributed by atoms with Crippen LogP contribution < -0.4 is 5.32 Å². The predicted octanol–water partition coefficient (Wildman–Crippen LogP) is 4.43. The number of halogens is 1. The molecule has 0 bridgehead atoms. The van der Waals surface area contributed by atoms with Gasteiger partial charge in [-0.05, 0) is 49.1 Å². The minimum absolute atomic E-state index is 0.00340. The van der Waals surface area contributed by atoms with Crippen LogP contribution in [-0.2, 0) is 6.54 Å². The van der Waals surface area contributed by atoms with E-state index in [1.54, 1.807) is 24.5 Å². The van der Waals surface area contributed by atoms with Crippen LogP contribution >= 0.6 is 0 Å². The van der Waals surface area contributed by atoms with E-state index in [2.05, 4.69) is 24.8 Å². The Hall–Kier alpha value is -3.29. The minimum atomic E-state index is -1.23. The number of aromatic nitrogens is 4. The Morgan fingerprint density at radius 2 is 1.93 bits per heavy atom. The van der Waals surface area contributed by atoms with Gasteiger partial charge in [0, 0.05) is 18.3 Å². The van der Waals surface area contributed by atoms with Gasteiger partial charge in [-0.1, -0.05) is 12.8 Å². The van der Waals surface area contributed by atoms with Gasteiger partial charge in [-0.15, -0.1) is 0 Å².